The van der Waals surface area contributed by atoms with Crippen LogP contribution in [0.25, 0.3) is 0 Å². The van der Waals surface area contributed by atoms with Crippen molar-refractivity contribution >= 4 is 23.2 Å². The lowest BCUT2D eigenvalue weighted by Gasteiger charge is -2.13. The second kappa shape index (κ2) is 12.1. The zero-order chi connectivity index (χ0) is 19.4. The van der Waals surface area contributed by atoms with Gasteiger partial charge in [-0.15, -0.1) is 12.8 Å². The van der Waals surface area contributed by atoms with Crippen molar-refractivity contribution in [2.45, 2.75) is 17.8 Å². The third kappa shape index (κ3) is 8.67. The van der Waals surface area contributed by atoms with Crippen molar-refractivity contribution in [1.82, 2.24) is 0 Å². The quantitative estimate of drug-likeness (QED) is 0.584. The summed E-state index contributed by atoms with van der Waals surface area (Å²) in [5.41, 5.74) is -0.910. The first-order valence-corrected chi connectivity index (χ1v) is 8.30. The minimum Gasteiger partial charge on any atom is -0.490 e. The normalized spacial score (nSPS) is 13.0. The first kappa shape index (κ1) is 21.7. The van der Waals surface area contributed by atoms with Gasteiger partial charge in [0.15, 0.2) is 6.10 Å². The van der Waals surface area contributed by atoms with Gasteiger partial charge in [-0.05, 0) is 30.3 Å². The number of alkyl halides is 1. The van der Waals surface area contributed by atoms with E-state index in [1.54, 1.807) is 48.5 Å². The standard InChI is InChI=1S/2C10H9ClO2/c1-2-9(12)7-13-10-5-3-4-8(11)6-10;1-2-9(12)10(11)13-8-6-4-3-5-7-8/h1,3-6,9,12H,7H2;1,3-7,9-10,12H. The van der Waals surface area contributed by atoms with Crippen LogP contribution in [0, 0.1) is 24.7 Å². The Kier molecular flexibility index (Phi) is 10.1. The van der Waals surface area contributed by atoms with Crippen molar-refractivity contribution in [3.05, 3.63) is 59.6 Å². The number of terminal acetylenes is 2. The van der Waals surface area contributed by atoms with Crippen LogP contribution in [0.4, 0.5) is 0 Å². The fourth-order valence-electron chi connectivity index (χ4n) is 1.55. The van der Waals surface area contributed by atoms with E-state index in [1.807, 2.05) is 6.07 Å². The van der Waals surface area contributed by atoms with Gasteiger partial charge in [-0.2, -0.15) is 0 Å². The van der Waals surface area contributed by atoms with Gasteiger partial charge in [0.2, 0.25) is 5.56 Å². The fraction of sp³-hybridized carbons (Fsp3) is 0.200. The highest BCUT2D eigenvalue weighted by atomic mass is 35.5. The average Bonchev–Trinajstić information content (AvgIpc) is 2.66. The van der Waals surface area contributed by atoms with E-state index in [-0.39, 0.29) is 6.61 Å². The van der Waals surface area contributed by atoms with Gasteiger partial charge in [-0.1, -0.05) is 59.3 Å². The van der Waals surface area contributed by atoms with Gasteiger partial charge >= 0.3 is 0 Å². The maximum absolute atomic E-state index is 9.09. The Labute approximate surface area is 163 Å². The largest absolute Gasteiger partial charge is 0.490 e. The van der Waals surface area contributed by atoms with E-state index in [4.69, 9.17) is 55.7 Å². The molecule has 0 aliphatic carbocycles. The Bertz CT molecular complexity index is 737. The van der Waals surface area contributed by atoms with E-state index >= 15 is 0 Å². The van der Waals surface area contributed by atoms with Crippen LogP contribution < -0.4 is 9.47 Å². The van der Waals surface area contributed by atoms with Crippen LogP contribution in [0.1, 0.15) is 0 Å². The molecule has 0 bridgehead atoms. The van der Waals surface area contributed by atoms with Crippen molar-refractivity contribution in [3.8, 4) is 36.2 Å². The van der Waals surface area contributed by atoms with Crippen LogP contribution in [0.5, 0.6) is 11.5 Å². The number of aliphatic hydroxyl groups is 2. The molecule has 0 radical (unpaired) electrons. The zero-order valence-electron chi connectivity index (χ0n) is 13.8. The third-order valence-corrected chi connectivity index (χ3v) is 3.37. The maximum atomic E-state index is 9.09. The number of hydrogen-bond donors (Lipinski definition) is 2. The van der Waals surface area contributed by atoms with Crippen LogP contribution in [0.2, 0.25) is 5.02 Å². The molecule has 26 heavy (non-hydrogen) atoms. The number of ether oxygens (including phenoxy) is 2. The summed E-state index contributed by atoms with van der Waals surface area (Å²) in [4.78, 5) is 0. The highest BCUT2D eigenvalue weighted by Crippen LogP contribution is 2.17. The Morgan fingerprint density at radius 2 is 1.62 bits per heavy atom. The molecular weight excluding hydrogens is 375 g/mol. The molecule has 0 heterocycles. The number of benzene rings is 2. The maximum Gasteiger partial charge on any atom is 0.208 e. The summed E-state index contributed by atoms with van der Waals surface area (Å²) in [5, 5.41) is 18.7. The molecule has 3 atom stereocenters. The first-order chi connectivity index (χ1) is 12.5. The summed E-state index contributed by atoms with van der Waals surface area (Å²) < 4.78 is 10.3. The minimum atomic E-state index is -1.10. The molecule has 3 unspecified atom stereocenters. The number of halogens is 2. The highest BCUT2D eigenvalue weighted by molar-refractivity contribution is 6.30. The van der Waals surface area contributed by atoms with Gasteiger partial charge in [0.25, 0.3) is 0 Å². The molecule has 0 fully saturated rings. The predicted octanol–water partition coefficient (Wildman–Crippen LogP) is 3.34. The molecule has 2 N–H and O–H groups in total. The second-order valence-corrected chi connectivity index (χ2v) is 5.71. The van der Waals surface area contributed by atoms with Crippen molar-refractivity contribution in [3.63, 3.8) is 0 Å². The topological polar surface area (TPSA) is 58.9 Å². The summed E-state index contributed by atoms with van der Waals surface area (Å²) >= 11 is 11.4. The lowest BCUT2D eigenvalue weighted by Crippen LogP contribution is -2.24. The predicted molar refractivity (Wildman–Crippen MR) is 103 cm³/mol. The molecule has 0 amide bonds. The third-order valence-electron chi connectivity index (χ3n) is 2.81. The molecular formula is C20H18Cl2O4. The van der Waals surface area contributed by atoms with E-state index in [9.17, 15) is 0 Å². The molecule has 136 valence electrons. The molecule has 6 heteroatoms. The van der Waals surface area contributed by atoms with E-state index in [1.165, 1.54) is 0 Å². The van der Waals surface area contributed by atoms with Gasteiger partial charge < -0.3 is 19.7 Å². The van der Waals surface area contributed by atoms with Gasteiger partial charge in [0.05, 0.1) is 0 Å². The Hall–Kier alpha value is -2.34. The van der Waals surface area contributed by atoms with Crippen LogP contribution in [0.15, 0.2) is 54.6 Å². The molecule has 2 rings (SSSR count). The monoisotopic (exact) mass is 392 g/mol. The SMILES string of the molecule is C#CC(O)C(Cl)Oc1ccccc1.C#CC(O)COc1cccc(Cl)c1. The van der Waals surface area contributed by atoms with E-state index in [0.717, 1.165) is 0 Å². The smallest absolute Gasteiger partial charge is 0.208 e. The molecule has 0 aromatic heterocycles. The van der Waals surface area contributed by atoms with Gasteiger partial charge in [-0.25, -0.2) is 0 Å². The summed E-state index contributed by atoms with van der Waals surface area (Å²) in [6, 6.07) is 15.8. The van der Waals surface area contributed by atoms with Crippen molar-refractivity contribution in [2.75, 3.05) is 6.61 Å². The van der Waals surface area contributed by atoms with E-state index in [2.05, 4.69) is 11.8 Å². The highest BCUT2D eigenvalue weighted by Gasteiger charge is 2.14. The van der Waals surface area contributed by atoms with Crippen LogP contribution >= 0.6 is 23.2 Å². The van der Waals surface area contributed by atoms with Crippen molar-refractivity contribution < 1.29 is 19.7 Å². The second-order valence-electron chi connectivity index (χ2n) is 4.84. The summed E-state index contributed by atoms with van der Waals surface area (Å²) in [7, 11) is 0. The average molecular weight is 393 g/mol. The van der Waals surface area contributed by atoms with Crippen LogP contribution in [-0.4, -0.2) is 34.6 Å². The molecule has 2 aromatic rings. The lowest BCUT2D eigenvalue weighted by atomic mass is 10.3. The number of hydrogen-bond acceptors (Lipinski definition) is 4. The molecule has 0 saturated heterocycles. The molecule has 2 aromatic carbocycles. The molecule has 0 aliphatic heterocycles. The molecule has 4 nitrogen and oxygen atoms in total. The number of rotatable bonds is 6. The summed E-state index contributed by atoms with van der Waals surface area (Å²) in [5.74, 6) is 5.41. The Balaban J connectivity index is 0.000000260. The number of para-hydroxylation sites is 1. The summed E-state index contributed by atoms with van der Waals surface area (Å²) in [6.07, 6.45) is 7.95. The van der Waals surface area contributed by atoms with E-state index < -0.39 is 17.8 Å². The number of aliphatic hydroxyl groups excluding tert-OH is 2. The van der Waals surface area contributed by atoms with Crippen molar-refractivity contribution in [1.29, 1.82) is 0 Å². The first-order valence-electron chi connectivity index (χ1n) is 7.48. The summed E-state index contributed by atoms with van der Waals surface area (Å²) in [6.45, 7) is 0.0802. The van der Waals surface area contributed by atoms with Crippen molar-refractivity contribution in [2.24, 2.45) is 0 Å². The van der Waals surface area contributed by atoms with Gasteiger partial charge in [-0.3, -0.25) is 0 Å². The van der Waals surface area contributed by atoms with E-state index in [0.29, 0.717) is 16.5 Å². The zero-order valence-corrected chi connectivity index (χ0v) is 15.3. The van der Waals surface area contributed by atoms with Gasteiger partial charge in [0, 0.05) is 5.02 Å². The minimum absolute atomic E-state index is 0.0802. The Morgan fingerprint density at radius 3 is 2.19 bits per heavy atom. The fourth-order valence-corrected chi connectivity index (χ4v) is 1.91. The van der Waals surface area contributed by atoms with Crippen LogP contribution in [-0.2, 0) is 0 Å². The van der Waals surface area contributed by atoms with Crippen LogP contribution in [0.3, 0.4) is 0 Å². The van der Waals surface area contributed by atoms with Gasteiger partial charge in [0.1, 0.15) is 24.2 Å². The Morgan fingerprint density at radius 1 is 0.962 bits per heavy atom. The lowest BCUT2D eigenvalue weighted by molar-refractivity contribution is 0.125. The molecule has 0 spiro atoms. The molecule has 0 saturated carbocycles. The molecule has 0 aliphatic rings.